The number of hydrogen-bond acceptors (Lipinski definition) is 2. The molecule has 2 N–H and O–H groups in total. The molecule has 0 aliphatic carbocycles. The first-order valence-corrected chi connectivity index (χ1v) is 3.57. The largest absolute Gasteiger partial charge is 0.393 e. The number of aliphatic hydroxyl groups is 2. The van der Waals surface area contributed by atoms with Gasteiger partial charge >= 0.3 is 0 Å². The van der Waals surface area contributed by atoms with Gasteiger partial charge in [-0.3, -0.25) is 0 Å². The zero-order chi connectivity index (χ0) is 6.57. The van der Waals surface area contributed by atoms with Crippen molar-refractivity contribution >= 4 is 31.9 Å². The molecule has 8 heavy (non-hydrogen) atoms. The molecule has 48 valence electrons. The fourth-order valence-electron chi connectivity index (χ4n) is 0.198. The van der Waals surface area contributed by atoms with Gasteiger partial charge in [0.05, 0.1) is 16.1 Å². The summed E-state index contributed by atoms with van der Waals surface area (Å²) >= 11 is 6.04. The first-order valence-electron chi connectivity index (χ1n) is 1.98. The van der Waals surface area contributed by atoms with Crippen molar-refractivity contribution in [3.63, 3.8) is 0 Å². The highest BCUT2D eigenvalue weighted by atomic mass is 79.9. The van der Waals surface area contributed by atoms with E-state index in [1.807, 2.05) is 0 Å². The maximum absolute atomic E-state index is 8.64. The fourth-order valence-corrected chi connectivity index (χ4v) is 0.808. The summed E-state index contributed by atoms with van der Waals surface area (Å²) in [6.45, 7) is -0.249. The number of rotatable bonds is 2. The topological polar surface area (TPSA) is 40.5 Å². The van der Waals surface area contributed by atoms with Gasteiger partial charge in [0.15, 0.2) is 0 Å². The lowest BCUT2D eigenvalue weighted by Gasteiger charge is -1.96. The molecular formula is C4H6Br2O2. The summed E-state index contributed by atoms with van der Waals surface area (Å²) in [5, 5.41) is 16.9. The van der Waals surface area contributed by atoms with E-state index in [2.05, 4.69) is 31.9 Å². The molecule has 0 heterocycles. The van der Waals surface area contributed by atoms with Gasteiger partial charge in [0, 0.05) is 0 Å². The van der Waals surface area contributed by atoms with Crippen LogP contribution in [0.3, 0.4) is 0 Å². The van der Waals surface area contributed by atoms with Gasteiger partial charge in [-0.2, -0.15) is 0 Å². The van der Waals surface area contributed by atoms with E-state index in [1.165, 1.54) is 6.08 Å². The van der Waals surface area contributed by atoms with Crippen molar-refractivity contribution in [2.45, 2.75) is 6.10 Å². The molecule has 0 aromatic heterocycles. The molecule has 0 bridgehead atoms. The Morgan fingerprint density at radius 2 is 2.12 bits per heavy atom. The van der Waals surface area contributed by atoms with Crippen molar-refractivity contribution in [3.05, 3.63) is 9.47 Å². The molecule has 0 unspecified atom stereocenters. The Balaban J connectivity index is 3.51. The predicted molar refractivity (Wildman–Crippen MR) is 39.0 cm³/mol. The lowest BCUT2D eigenvalue weighted by Crippen LogP contribution is -2.06. The Hall–Kier alpha value is 0.620. The summed E-state index contributed by atoms with van der Waals surface area (Å²) in [6, 6.07) is 0. The smallest absolute Gasteiger partial charge is 0.0970 e. The molecule has 0 saturated carbocycles. The summed E-state index contributed by atoms with van der Waals surface area (Å²) in [7, 11) is 0. The predicted octanol–water partition coefficient (Wildman–Crippen LogP) is 0.971. The average Bonchev–Trinajstić information content (AvgIpc) is 1.65. The molecular weight excluding hydrogens is 240 g/mol. The SMILES string of the molecule is OC[C@@H](O)C=C(Br)Br. The quantitative estimate of drug-likeness (QED) is 0.762. The monoisotopic (exact) mass is 244 g/mol. The molecule has 0 aromatic rings. The minimum Gasteiger partial charge on any atom is -0.393 e. The van der Waals surface area contributed by atoms with Crippen molar-refractivity contribution in [1.82, 2.24) is 0 Å². The van der Waals surface area contributed by atoms with Crippen LogP contribution < -0.4 is 0 Å². The second-order valence-corrected chi connectivity index (χ2v) is 3.98. The van der Waals surface area contributed by atoms with E-state index < -0.39 is 6.10 Å². The molecule has 0 spiro atoms. The molecule has 0 fully saturated rings. The van der Waals surface area contributed by atoms with E-state index in [0.29, 0.717) is 3.39 Å². The van der Waals surface area contributed by atoms with Crippen LogP contribution in [-0.4, -0.2) is 22.9 Å². The Bertz CT molecular complexity index is 88.0. The zero-order valence-corrected chi connectivity index (χ0v) is 7.18. The van der Waals surface area contributed by atoms with Crippen LogP contribution in [0, 0.1) is 0 Å². The lowest BCUT2D eigenvalue weighted by atomic mass is 10.4. The van der Waals surface area contributed by atoms with Crippen molar-refractivity contribution in [2.24, 2.45) is 0 Å². The summed E-state index contributed by atoms with van der Waals surface area (Å²) in [4.78, 5) is 0. The van der Waals surface area contributed by atoms with E-state index in [-0.39, 0.29) is 6.61 Å². The highest BCUT2D eigenvalue weighted by Gasteiger charge is 1.94. The maximum atomic E-state index is 8.64. The van der Waals surface area contributed by atoms with Crippen LogP contribution in [-0.2, 0) is 0 Å². The van der Waals surface area contributed by atoms with Gasteiger partial charge in [0.25, 0.3) is 0 Å². The normalized spacial score (nSPS) is 13.0. The van der Waals surface area contributed by atoms with Crippen molar-refractivity contribution in [3.8, 4) is 0 Å². The lowest BCUT2D eigenvalue weighted by molar-refractivity contribution is 0.131. The molecule has 0 rings (SSSR count). The Kier molecular flexibility index (Phi) is 4.84. The summed E-state index contributed by atoms with van der Waals surface area (Å²) < 4.78 is 0.645. The van der Waals surface area contributed by atoms with Crippen LogP contribution >= 0.6 is 31.9 Å². The first kappa shape index (κ1) is 8.62. The third kappa shape index (κ3) is 4.77. The highest BCUT2D eigenvalue weighted by Crippen LogP contribution is 2.13. The molecule has 2 nitrogen and oxygen atoms in total. The van der Waals surface area contributed by atoms with Gasteiger partial charge in [0.2, 0.25) is 0 Å². The third-order valence-electron chi connectivity index (χ3n) is 0.505. The highest BCUT2D eigenvalue weighted by molar-refractivity contribution is 9.28. The van der Waals surface area contributed by atoms with Crippen LogP contribution in [0.5, 0.6) is 0 Å². The number of hydrogen-bond donors (Lipinski definition) is 2. The van der Waals surface area contributed by atoms with Gasteiger partial charge in [-0.1, -0.05) is 0 Å². The third-order valence-corrected chi connectivity index (χ3v) is 1.03. The van der Waals surface area contributed by atoms with E-state index in [4.69, 9.17) is 10.2 Å². The Morgan fingerprint density at radius 3 is 2.25 bits per heavy atom. The van der Waals surface area contributed by atoms with E-state index >= 15 is 0 Å². The van der Waals surface area contributed by atoms with E-state index in [0.717, 1.165) is 0 Å². The van der Waals surface area contributed by atoms with Crippen molar-refractivity contribution < 1.29 is 10.2 Å². The van der Waals surface area contributed by atoms with Gasteiger partial charge < -0.3 is 10.2 Å². The fraction of sp³-hybridized carbons (Fsp3) is 0.500. The molecule has 0 radical (unpaired) electrons. The summed E-state index contributed by atoms with van der Waals surface area (Å²) in [5.74, 6) is 0. The van der Waals surface area contributed by atoms with Gasteiger partial charge in [-0.05, 0) is 37.9 Å². The minimum absolute atomic E-state index is 0.249. The van der Waals surface area contributed by atoms with E-state index in [9.17, 15) is 0 Å². The van der Waals surface area contributed by atoms with Crippen LogP contribution in [0.1, 0.15) is 0 Å². The van der Waals surface area contributed by atoms with Gasteiger partial charge in [-0.15, -0.1) is 0 Å². The maximum Gasteiger partial charge on any atom is 0.0970 e. The molecule has 0 amide bonds. The molecule has 0 aromatic carbocycles. The van der Waals surface area contributed by atoms with Gasteiger partial charge in [0.1, 0.15) is 0 Å². The van der Waals surface area contributed by atoms with Gasteiger partial charge in [-0.25, -0.2) is 0 Å². The molecule has 0 saturated heterocycles. The van der Waals surface area contributed by atoms with Crippen LogP contribution in [0.15, 0.2) is 9.47 Å². The van der Waals surface area contributed by atoms with E-state index in [1.54, 1.807) is 0 Å². The minimum atomic E-state index is -0.774. The average molecular weight is 246 g/mol. The summed E-state index contributed by atoms with van der Waals surface area (Å²) in [6.07, 6.45) is 0.670. The second kappa shape index (κ2) is 4.49. The standard InChI is InChI=1S/C4H6Br2O2/c5-4(6)1-3(8)2-7/h1,3,7-8H,2H2/t3-/m0/s1. The zero-order valence-electron chi connectivity index (χ0n) is 4.01. The first-order chi connectivity index (χ1) is 3.66. The van der Waals surface area contributed by atoms with Crippen LogP contribution in [0.25, 0.3) is 0 Å². The van der Waals surface area contributed by atoms with Crippen LogP contribution in [0.2, 0.25) is 0 Å². The molecule has 0 aliphatic rings. The second-order valence-electron chi connectivity index (χ2n) is 1.21. The number of aliphatic hydroxyl groups excluding tert-OH is 2. The Morgan fingerprint density at radius 1 is 1.62 bits per heavy atom. The molecule has 4 heteroatoms. The van der Waals surface area contributed by atoms with Crippen LogP contribution in [0.4, 0.5) is 0 Å². The molecule has 0 aliphatic heterocycles. The Labute approximate surface area is 64.5 Å². The molecule has 1 atom stereocenters. The number of halogens is 2. The van der Waals surface area contributed by atoms with Crippen molar-refractivity contribution in [2.75, 3.05) is 6.61 Å². The summed E-state index contributed by atoms with van der Waals surface area (Å²) in [5.41, 5.74) is 0. The van der Waals surface area contributed by atoms with Crippen molar-refractivity contribution in [1.29, 1.82) is 0 Å².